The van der Waals surface area contributed by atoms with E-state index in [-0.39, 0.29) is 11.5 Å². The number of guanidine groups is 1. The lowest BCUT2D eigenvalue weighted by molar-refractivity contribution is -0.0512. The second-order valence-corrected chi connectivity index (χ2v) is 5.34. The monoisotopic (exact) mass is 367 g/mol. The molecule has 0 unspecified atom stereocenters. The fourth-order valence-corrected chi connectivity index (χ4v) is 2.31. The molecule has 0 atom stereocenters. The molecule has 1 aromatic heterocycles. The largest absolute Gasteiger partial charge is 0.493 e. The second kappa shape index (κ2) is 10.2. The number of halogens is 2. The van der Waals surface area contributed by atoms with Gasteiger partial charge in [0.05, 0.1) is 7.11 Å². The van der Waals surface area contributed by atoms with Crippen LogP contribution in [-0.4, -0.2) is 43.1 Å². The number of nitrogens with zero attached hydrogens (tertiary/aromatic N) is 3. The van der Waals surface area contributed by atoms with Crippen molar-refractivity contribution in [1.29, 1.82) is 0 Å². The molecule has 7 nitrogen and oxygen atoms in total. The highest BCUT2D eigenvalue weighted by Crippen LogP contribution is 2.29. The van der Waals surface area contributed by atoms with Crippen molar-refractivity contribution >= 4 is 5.96 Å². The molecule has 0 spiro atoms. The molecule has 26 heavy (non-hydrogen) atoms. The molecule has 2 N–H and O–H groups in total. The van der Waals surface area contributed by atoms with Crippen LogP contribution in [0.1, 0.15) is 12.0 Å². The maximum absolute atomic E-state index is 12.5. The van der Waals surface area contributed by atoms with Crippen molar-refractivity contribution in [2.45, 2.75) is 26.1 Å². The first-order valence-corrected chi connectivity index (χ1v) is 8.16. The Morgan fingerprint density at radius 1 is 1.31 bits per heavy atom. The molecule has 0 fully saturated rings. The fraction of sp³-hybridized carbons (Fsp3) is 0.412. The Labute approximate surface area is 151 Å². The van der Waals surface area contributed by atoms with Gasteiger partial charge in [0.1, 0.15) is 0 Å². The van der Waals surface area contributed by atoms with Crippen molar-refractivity contribution < 1.29 is 18.3 Å². The minimum atomic E-state index is -2.91. The molecule has 2 rings (SSSR count). The van der Waals surface area contributed by atoms with Crippen LogP contribution in [0, 0.1) is 0 Å². The van der Waals surface area contributed by atoms with Gasteiger partial charge in [-0.25, -0.2) is 0 Å². The van der Waals surface area contributed by atoms with Crippen molar-refractivity contribution in [1.82, 2.24) is 20.4 Å². The number of aliphatic imine (C=N–C) groups is 1. The normalized spacial score (nSPS) is 11.5. The average molecular weight is 367 g/mol. The summed E-state index contributed by atoms with van der Waals surface area (Å²) < 4.78 is 36.3. The summed E-state index contributed by atoms with van der Waals surface area (Å²) >= 11 is 0. The minimum absolute atomic E-state index is 0.00368. The van der Waals surface area contributed by atoms with Crippen LogP contribution >= 0.6 is 0 Å². The molecule has 0 aliphatic rings. The van der Waals surface area contributed by atoms with Gasteiger partial charge < -0.3 is 20.1 Å². The Balaban J connectivity index is 1.81. The van der Waals surface area contributed by atoms with E-state index < -0.39 is 6.61 Å². The highest BCUT2D eigenvalue weighted by Gasteiger charge is 2.11. The Morgan fingerprint density at radius 3 is 2.81 bits per heavy atom. The minimum Gasteiger partial charge on any atom is -0.493 e. The number of rotatable bonds is 9. The second-order valence-electron chi connectivity index (χ2n) is 5.34. The number of methoxy groups -OCH3 is 1. The van der Waals surface area contributed by atoms with E-state index in [1.807, 2.05) is 16.9 Å². The summed E-state index contributed by atoms with van der Waals surface area (Å²) in [6.07, 6.45) is 4.54. The third kappa shape index (κ3) is 6.23. The lowest BCUT2D eigenvalue weighted by Gasteiger charge is -2.14. The number of benzene rings is 1. The van der Waals surface area contributed by atoms with Crippen LogP contribution in [0.3, 0.4) is 0 Å². The van der Waals surface area contributed by atoms with Gasteiger partial charge in [0.25, 0.3) is 0 Å². The summed E-state index contributed by atoms with van der Waals surface area (Å²) in [5.74, 6) is 0.886. The SMILES string of the molecule is CN=C(NCCCn1cccn1)NCc1ccc(OC)c(OC(F)F)c1. The van der Waals surface area contributed by atoms with Gasteiger partial charge in [-0.15, -0.1) is 0 Å². The first-order chi connectivity index (χ1) is 12.6. The highest BCUT2D eigenvalue weighted by molar-refractivity contribution is 5.79. The maximum atomic E-state index is 12.5. The van der Waals surface area contributed by atoms with Crippen molar-refractivity contribution in [2.75, 3.05) is 20.7 Å². The molecule has 2 aromatic rings. The number of nitrogens with one attached hydrogen (secondary N) is 2. The summed E-state index contributed by atoms with van der Waals surface area (Å²) in [4.78, 5) is 4.14. The van der Waals surface area contributed by atoms with Crippen LogP contribution in [0.4, 0.5) is 8.78 Å². The number of alkyl halides is 2. The number of ether oxygens (including phenoxy) is 2. The fourth-order valence-electron chi connectivity index (χ4n) is 2.31. The average Bonchev–Trinajstić information content (AvgIpc) is 3.14. The van der Waals surface area contributed by atoms with Gasteiger partial charge in [-0.2, -0.15) is 13.9 Å². The zero-order chi connectivity index (χ0) is 18.8. The standard InChI is InChI=1S/C17H23F2N5O2/c1-20-17(21-7-3-9-24-10-4-8-23-24)22-12-13-5-6-14(25-2)15(11-13)26-16(18)19/h4-6,8,10-11,16H,3,7,9,12H2,1-2H3,(H2,20,21,22). The molecule has 9 heteroatoms. The van der Waals surface area contributed by atoms with E-state index in [0.717, 1.165) is 25.1 Å². The third-order valence-corrected chi connectivity index (χ3v) is 3.54. The molecule has 1 aromatic carbocycles. The van der Waals surface area contributed by atoms with Crippen LogP contribution in [0.25, 0.3) is 0 Å². The van der Waals surface area contributed by atoms with Crippen LogP contribution in [0.2, 0.25) is 0 Å². The zero-order valence-corrected chi connectivity index (χ0v) is 14.8. The quantitative estimate of drug-likeness (QED) is 0.404. The van der Waals surface area contributed by atoms with Crippen LogP contribution in [0.5, 0.6) is 11.5 Å². The number of aromatic nitrogens is 2. The summed E-state index contributed by atoms with van der Waals surface area (Å²) in [7, 11) is 3.07. The molecule has 0 aliphatic heterocycles. The van der Waals surface area contributed by atoms with Gasteiger partial charge in [-0.3, -0.25) is 9.67 Å². The van der Waals surface area contributed by atoms with Crippen LogP contribution in [-0.2, 0) is 13.1 Å². The van der Waals surface area contributed by atoms with E-state index in [2.05, 4.69) is 25.5 Å². The Bertz CT molecular complexity index is 692. The Morgan fingerprint density at radius 2 is 2.15 bits per heavy atom. The Hall–Kier alpha value is -2.84. The molecule has 0 bridgehead atoms. The lowest BCUT2D eigenvalue weighted by Crippen LogP contribution is -2.37. The zero-order valence-electron chi connectivity index (χ0n) is 14.8. The molecule has 0 saturated carbocycles. The van der Waals surface area contributed by atoms with Crippen LogP contribution in [0.15, 0.2) is 41.7 Å². The predicted molar refractivity (Wildman–Crippen MR) is 94.7 cm³/mol. The molecule has 142 valence electrons. The summed E-state index contributed by atoms with van der Waals surface area (Å²) in [6.45, 7) is -0.968. The van der Waals surface area contributed by atoms with Gasteiger partial charge in [-0.1, -0.05) is 6.07 Å². The third-order valence-electron chi connectivity index (χ3n) is 3.54. The van der Waals surface area contributed by atoms with Gasteiger partial charge in [0.15, 0.2) is 17.5 Å². The molecule has 0 aliphatic carbocycles. The summed E-state index contributed by atoms with van der Waals surface area (Å²) in [6, 6.07) is 6.77. The van der Waals surface area contributed by atoms with Crippen molar-refractivity contribution in [3.05, 3.63) is 42.2 Å². The van der Waals surface area contributed by atoms with E-state index in [1.54, 1.807) is 25.4 Å². The molecule has 1 heterocycles. The maximum Gasteiger partial charge on any atom is 0.387 e. The molecule has 0 saturated heterocycles. The smallest absolute Gasteiger partial charge is 0.387 e. The molecule has 0 radical (unpaired) electrons. The lowest BCUT2D eigenvalue weighted by atomic mass is 10.2. The number of hydrogen-bond acceptors (Lipinski definition) is 4. The number of aryl methyl sites for hydroxylation is 1. The van der Waals surface area contributed by atoms with Gasteiger partial charge in [0, 0.05) is 39.1 Å². The van der Waals surface area contributed by atoms with E-state index in [0.29, 0.717) is 12.5 Å². The summed E-state index contributed by atoms with van der Waals surface area (Å²) in [5, 5.41) is 10.5. The van der Waals surface area contributed by atoms with Gasteiger partial charge >= 0.3 is 6.61 Å². The topological polar surface area (TPSA) is 72.7 Å². The molecule has 0 amide bonds. The predicted octanol–water partition coefficient (Wildman–Crippen LogP) is 2.25. The first kappa shape index (κ1) is 19.5. The molecular formula is C17H23F2N5O2. The van der Waals surface area contributed by atoms with Crippen molar-refractivity contribution in [2.24, 2.45) is 4.99 Å². The number of hydrogen-bond donors (Lipinski definition) is 2. The van der Waals surface area contributed by atoms with E-state index in [1.165, 1.54) is 13.2 Å². The van der Waals surface area contributed by atoms with E-state index in [4.69, 9.17) is 4.74 Å². The molecular weight excluding hydrogens is 344 g/mol. The highest BCUT2D eigenvalue weighted by atomic mass is 19.3. The van der Waals surface area contributed by atoms with Gasteiger partial charge in [0.2, 0.25) is 0 Å². The van der Waals surface area contributed by atoms with Crippen molar-refractivity contribution in [3.63, 3.8) is 0 Å². The summed E-state index contributed by atoms with van der Waals surface area (Å²) in [5.41, 5.74) is 0.765. The van der Waals surface area contributed by atoms with Crippen molar-refractivity contribution in [3.8, 4) is 11.5 Å². The van der Waals surface area contributed by atoms with Crippen LogP contribution < -0.4 is 20.1 Å². The van der Waals surface area contributed by atoms with E-state index in [9.17, 15) is 8.78 Å². The van der Waals surface area contributed by atoms with E-state index >= 15 is 0 Å². The Kier molecular flexibility index (Phi) is 7.66. The van der Waals surface area contributed by atoms with Gasteiger partial charge in [-0.05, 0) is 30.2 Å². The first-order valence-electron chi connectivity index (χ1n) is 8.16.